The molecule has 1 saturated heterocycles. The number of aryl methyl sites for hydroxylation is 1. The molecule has 1 N–H and O–H groups in total. The molecule has 118 valence electrons. The molecule has 1 fully saturated rings. The topological polar surface area (TPSA) is 59.4 Å². The highest BCUT2D eigenvalue weighted by Gasteiger charge is 2.16. The van der Waals surface area contributed by atoms with E-state index in [0.29, 0.717) is 12.6 Å². The van der Waals surface area contributed by atoms with Gasteiger partial charge >= 0.3 is 6.03 Å². The molecule has 0 aliphatic carbocycles. The summed E-state index contributed by atoms with van der Waals surface area (Å²) >= 11 is 0. The minimum Gasteiger partial charge on any atom is -0.378 e. The molecule has 0 aromatic carbocycles. The van der Waals surface area contributed by atoms with Crippen LogP contribution < -0.4 is 5.32 Å². The maximum Gasteiger partial charge on any atom is 0.317 e. The van der Waals surface area contributed by atoms with Gasteiger partial charge in [0.25, 0.3) is 0 Å². The third-order valence-corrected chi connectivity index (χ3v) is 4.16. The summed E-state index contributed by atoms with van der Waals surface area (Å²) in [6.45, 7) is 4.18. The third-order valence-electron chi connectivity index (χ3n) is 4.16. The highest BCUT2D eigenvalue weighted by Crippen LogP contribution is 2.16. The standard InChI is InChI=1S/C15H26N4O2/c1-12-13(11-17-19(12)3)10-16-15(20)18(2)8-4-6-14-7-5-9-21-14/h11,14H,4-10H2,1-3H3,(H,16,20)/t14-/m0/s1. The predicted molar refractivity (Wildman–Crippen MR) is 81.0 cm³/mol. The van der Waals surface area contributed by atoms with E-state index < -0.39 is 0 Å². The second kappa shape index (κ2) is 7.45. The molecular formula is C15H26N4O2. The van der Waals surface area contributed by atoms with Crippen molar-refractivity contribution < 1.29 is 9.53 Å². The zero-order valence-electron chi connectivity index (χ0n) is 13.3. The number of hydrogen-bond donors (Lipinski definition) is 1. The Kier molecular flexibility index (Phi) is 5.61. The van der Waals surface area contributed by atoms with E-state index in [4.69, 9.17) is 4.74 Å². The number of nitrogens with one attached hydrogen (secondary N) is 1. The number of urea groups is 1. The van der Waals surface area contributed by atoms with Gasteiger partial charge in [0.15, 0.2) is 0 Å². The maximum atomic E-state index is 12.0. The van der Waals surface area contributed by atoms with Crippen LogP contribution in [0.2, 0.25) is 0 Å². The van der Waals surface area contributed by atoms with E-state index in [1.165, 1.54) is 6.42 Å². The lowest BCUT2D eigenvalue weighted by Gasteiger charge is -2.18. The molecule has 1 aromatic rings. The molecular weight excluding hydrogens is 268 g/mol. The highest BCUT2D eigenvalue weighted by atomic mass is 16.5. The summed E-state index contributed by atoms with van der Waals surface area (Å²) in [6, 6.07) is -0.0365. The monoisotopic (exact) mass is 294 g/mol. The molecule has 1 aromatic heterocycles. The van der Waals surface area contributed by atoms with Crippen molar-refractivity contribution in [3.05, 3.63) is 17.5 Å². The van der Waals surface area contributed by atoms with Gasteiger partial charge in [-0.2, -0.15) is 5.10 Å². The number of rotatable bonds is 6. The van der Waals surface area contributed by atoms with E-state index in [9.17, 15) is 4.79 Å². The van der Waals surface area contributed by atoms with Crippen LogP contribution >= 0.6 is 0 Å². The average molecular weight is 294 g/mol. The van der Waals surface area contributed by atoms with Crippen LogP contribution in [0, 0.1) is 6.92 Å². The van der Waals surface area contributed by atoms with Gasteiger partial charge in [0, 0.05) is 45.0 Å². The first-order valence-corrected chi connectivity index (χ1v) is 7.66. The summed E-state index contributed by atoms with van der Waals surface area (Å²) in [6.07, 6.45) is 6.56. The smallest absolute Gasteiger partial charge is 0.317 e. The summed E-state index contributed by atoms with van der Waals surface area (Å²) in [5.41, 5.74) is 2.13. The molecule has 6 heteroatoms. The van der Waals surface area contributed by atoms with E-state index >= 15 is 0 Å². The van der Waals surface area contributed by atoms with Gasteiger partial charge in [-0.1, -0.05) is 0 Å². The number of aromatic nitrogens is 2. The van der Waals surface area contributed by atoms with Gasteiger partial charge in [0.05, 0.1) is 12.3 Å². The Hall–Kier alpha value is -1.56. The summed E-state index contributed by atoms with van der Waals surface area (Å²) in [5.74, 6) is 0. The van der Waals surface area contributed by atoms with Crippen molar-refractivity contribution in [2.45, 2.75) is 45.3 Å². The van der Waals surface area contributed by atoms with E-state index in [1.807, 2.05) is 25.7 Å². The molecule has 0 radical (unpaired) electrons. The first-order chi connectivity index (χ1) is 10.1. The number of carbonyl (C=O) groups is 1. The van der Waals surface area contributed by atoms with Crippen molar-refractivity contribution in [2.75, 3.05) is 20.2 Å². The number of amides is 2. The zero-order chi connectivity index (χ0) is 15.2. The molecule has 1 aliphatic heterocycles. The Morgan fingerprint density at radius 3 is 3.05 bits per heavy atom. The molecule has 21 heavy (non-hydrogen) atoms. The molecule has 0 bridgehead atoms. The van der Waals surface area contributed by atoms with E-state index in [1.54, 1.807) is 11.1 Å². The van der Waals surface area contributed by atoms with Gasteiger partial charge < -0.3 is 15.0 Å². The van der Waals surface area contributed by atoms with E-state index in [-0.39, 0.29) is 6.03 Å². The molecule has 2 rings (SSSR count). The Labute approximate surface area is 126 Å². The van der Waals surface area contributed by atoms with Crippen molar-refractivity contribution in [1.82, 2.24) is 20.0 Å². The largest absolute Gasteiger partial charge is 0.378 e. The summed E-state index contributed by atoms with van der Waals surface area (Å²) in [7, 11) is 3.73. The molecule has 1 atom stereocenters. The minimum atomic E-state index is -0.0365. The summed E-state index contributed by atoms with van der Waals surface area (Å²) in [5, 5.41) is 7.10. The first kappa shape index (κ1) is 15.8. The lowest BCUT2D eigenvalue weighted by atomic mass is 10.1. The van der Waals surface area contributed by atoms with Gasteiger partial charge in [0.1, 0.15) is 0 Å². The normalized spacial score (nSPS) is 18.0. The Morgan fingerprint density at radius 2 is 2.43 bits per heavy atom. The van der Waals surface area contributed by atoms with Crippen molar-refractivity contribution in [2.24, 2.45) is 7.05 Å². The van der Waals surface area contributed by atoms with Crippen molar-refractivity contribution in [1.29, 1.82) is 0 Å². The van der Waals surface area contributed by atoms with Crippen LogP contribution in [-0.2, 0) is 18.3 Å². The summed E-state index contributed by atoms with van der Waals surface area (Å²) in [4.78, 5) is 13.8. The van der Waals surface area contributed by atoms with Gasteiger partial charge in [-0.3, -0.25) is 4.68 Å². The number of ether oxygens (including phenoxy) is 1. The van der Waals surface area contributed by atoms with Crippen LogP contribution in [0.4, 0.5) is 4.79 Å². The SMILES string of the molecule is Cc1c(CNC(=O)N(C)CCC[C@H]2CCCO2)cnn1C. The molecule has 2 heterocycles. The fourth-order valence-electron chi connectivity index (χ4n) is 2.55. The molecule has 1 aliphatic rings. The van der Waals surface area contributed by atoms with Crippen LogP contribution in [0.3, 0.4) is 0 Å². The second-order valence-electron chi connectivity index (χ2n) is 5.74. The van der Waals surface area contributed by atoms with Crippen molar-refractivity contribution >= 4 is 6.03 Å². The van der Waals surface area contributed by atoms with Crippen LogP contribution in [0.1, 0.15) is 36.9 Å². The molecule has 0 spiro atoms. The fourth-order valence-corrected chi connectivity index (χ4v) is 2.55. The van der Waals surface area contributed by atoms with Crippen LogP contribution in [0.15, 0.2) is 6.20 Å². The van der Waals surface area contributed by atoms with Gasteiger partial charge in [-0.25, -0.2) is 4.79 Å². The van der Waals surface area contributed by atoms with Crippen molar-refractivity contribution in [3.63, 3.8) is 0 Å². The average Bonchev–Trinajstić information content (AvgIpc) is 3.09. The number of hydrogen-bond acceptors (Lipinski definition) is 3. The molecule has 0 saturated carbocycles. The second-order valence-corrected chi connectivity index (χ2v) is 5.74. The fraction of sp³-hybridized carbons (Fsp3) is 0.733. The number of nitrogens with zero attached hydrogens (tertiary/aromatic N) is 3. The highest BCUT2D eigenvalue weighted by molar-refractivity contribution is 5.73. The molecule has 6 nitrogen and oxygen atoms in total. The molecule has 0 unspecified atom stereocenters. The Bertz CT molecular complexity index is 466. The van der Waals surface area contributed by atoms with Gasteiger partial charge in [-0.05, 0) is 32.6 Å². The van der Waals surface area contributed by atoms with Crippen LogP contribution in [-0.4, -0.2) is 47.0 Å². The Morgan fingerprint density at radius 1 is 1.62 bits per heavy atom. The molecule has 2 amide bonds. The quantitative estimate of drug-likeness (QED) is 0.871. The van der Waals surface area contributed by atoms with Gasteiger partial charge in [-0.15, -0.1) is 0 Å². The zero-order valence-corrected chi connectivity index (χ0v) is 13.3. The Balaban J connectivity index is 1.66. The van der Waals surface area contributed by atoms with E-state index in [2.05, 4.69) is 10.4 Å². The lowest BCUT2D eigenvalue weighted by molar-refractivity contribution is 0.100. The van der Waals surface area contributed by atoms with Gasteiger partial charge in [0.2, 0.25) is 0 Å². The number of carbonyl (C=O) groups excluding carboxylic acids is 1. The predicted octanol–water partition coefficient (Wildman–Crippen LogP) is 1.83. The lowest BCUT2D eigenvalue weighted by Crippen LogP contribution is -2.37. The maximum absolute atomic E-state index is 12.0. The third kappa shape index (κ3) is 4.46. The minimum absolute atomic E-state index is 0.0365. The van der Waals surface area contributed by atoms with Crippen LogP contribution in [0.25, 0.3) is 0 Å². The van der Waals surface area contributed by atoms with Crippen molar-refractivity contribution in [3.8, 4) is 0 Å². The first-order valence-electron chi connectivity index (χ1n) is 7.66. The van der Waals surface area contributed by atoms with E-state index in [0.717, 1.165) is 43.7 Å². The van der Waals surface area contributed by atoms with Crippen LogP contribution in [0.5, 0.6) is 0 Å². The summed E-state index contributed by atoms with van der Waals surface area (Å²) < 4.78 is 7.40.